The zero-order chi connectivity index (χ0) is 19.5. The van der Waals surface area contributed by atoms with Gasteiger partial charge in [-0.25, -0.2) is 4.98 Å². The molecule has 0 amide bonds. The summed E-state index contributed by atoms with van der Waals surface area (Å²) in [5, 5.41) is 10.5. The molecule has 0 bridgehead atoms. The Morgan fingerprint density at radius 3 is 2.61 bits per heavy atom. The van der Waals surface area contributed by atoms with Crippen LogP contribution in [0.3, 0.4) is 0 Å². The monoisotopic (exact) mass is 365 g/mol. The smallest absolute Gasteiger partial charge is 0.182 e. The van der Waals surface area contributed by atoms with E-state index in [0.717, 1.165) is 38.9 Å². The van der Waals surface area contributed by atoms with Gasteiger partial charge in [0.05, 0.1) is 5.52 Å². The van der Waals surface area contributed by atoms with Gasteiger partial charge >= 0.3 is 0 Å². The van der Waals surface area contributed by atoms with Gasteiger partial charge in [-0.05, 0) is 43.2 Å². The molecule has 0 saturated carbocycles. The van der Waals surface area contributed by atoms with Crippen LogP contribution in [0.4, 0.5) is 0 Å². The van der Waals surface area contributed by atoms with Gasteiger partial charge < -0.3 is 4.74 Å². The maximum atomic E-state index is 9.47. The summed E-state index contributed by atoms with van der Waals surface area (Å²) in [6.07, 6.45) is 1.74. The molecule has 0 unspecified atom stereocenters. The van der Waals surface area contributed by atoms with E-state index in [-0.39, 0.29) is 0 Å². The van der Waals surface area contributed by atoms with Gasteiger partial charge in [0.25, 0.3) is 0 Å². The number of nitriles is 1. The Labute approximate surface area is 164 Å². The zero-order valence-corrected chi connectivity index (χ0v) is 15.8. The van der Waals surface area contributed by atoms with Gasteiger partial charge in [0.1, 0.15) is 12.7 Å². The molecule has 2 aromatic heterocycles. The van der Waals surface area contributed by atoms with Crippen molar-refractivity contribution in [2.45, 2.75) is 20.5 Å². The minimum atomic E-state index is 0.301. The average Bonchev–Trinajstić information content (AvgIpc) is 2.73. The van der Waals surface area contributed by atoms with Crippen LogP contribution in [0, 0.1) is 25.2 Å². The molecule has 0 saturated heterocycles. The van der Waals surface area contributed by atoms with Crippen LogP contribution in [0.1, 0.15) is 22.5 Å². The van der Waals surface area contributed by atoms with Crippen molar-refractivity contribution >= 4 is 10.9 Å². The summed E-state index contributed by atoms with van der Waals surface area (Å²) in [6.45, 7) is 4.34. The number of pyridine rings is 2. The Kier molecular flexibility index (Phi) is 4.74. The van der Waals surface area contributed by atoms with E-state index in [0.29, 0.717) is 18.1 Å². The van der Waals surface area contributed by atoms with Crippen molar-refractivity contribution in [1.29, 1.82) is 5.26 Å². The molecular formula is C24H19N3O. The molecule has 0 N–H and O–H groups in total. The fourth-order valence-electron chi connectivity index (χ4n) is 3.26. The second kappa shape index (κ2) is 7.50. The van der Waals surface area contributed by atoms with Crippen molar-refractivity contribution in [3.63, 3.8) is 0 Å². The predicted molar refractivity (Wildman–Crippen MR) is 110 cm³/mol. The molecule has 28 heavy (non-hydrogen) atoms. The number of aromatic nitrogens is 2. The van der Waals surface area contributed by atoms with Crippen molar-refractivity contribution in [1.82, 2.24) is 9.97 Å². The third kappa shape index (κ3) is 3.43. The van der Waals surface area contributed by atoms with Crippen molar-refractivity contribution in [3.8, 4) is 22.9 Å². The SMILES string of the molecule is Cc1ccc2cc(-c3cnc(C#N)c(OCc4ccccc4)c3C)ccc2n1. The quantitative estimate of drug-likeness (QED) is 0.488. The first kappa shape index (κ1) is 17.7. The molecule has 4 rings (SSSR count). The molecule has 4 heteroatoms. The van der Waals surface area contributed by atoms with Crippen LogP contribution in [0.5, 0.6) is 5.75 Å². The summed E-state index contributed by atoms with van der Waals surface area (Å²) in [6, 6.07) is 22.3. The van der Waals surface area contributed by atoms with Crippen molar-refractivity contribution in [2.24, 2.45) is 0 Å². The number of benzene rings is 2. The highest BCUT2D eigenvalue weighted by Crippen LogP contribution is 2.33. The Balaban J connectivity index is 1.74. The van der Waals surface area contributed by atoms with Crippen LogP contribution in [-0.4, -0.2) is 9.97 Å². The van der Waals surface area contributed by atoms with Gasteiger partial charge in [-0.15, -0.1) is 0 Å². The molecule has 2 aromatic carbocycles. The lowest BCUT2D eigenvalue weighted by atomic mass is 9.99. The lowest BCUT2D eigenvalue weighted by Crippen LogP contribution is -2.02. The number of hydrogen-bond acceptors (Lipinski definition) is 4. The lowest BCUT2D eigenvalue weighted by molar-refractivity contribution is 0.302. The summed E-state index contributed by atoms with van der Waals surface area (Å²) in [4.78, 5) is 8.90. The number of fused-ring (bicyclic) bond motifs is 1. The second-order valence-corrected chi connectivity index (χ2v) is 6.72. The highest BCUT2D eigenvalue weighted by Gasteiger charge is 2.15. The average molecular weight is 365 g/mol. The molecule has 2 heterocycles. The Bertz CT molecular complexity index is 1190. The topological polar surface area (TPSA) is 58.8 Å². The van der Waals surface area contributed by atoms with Crippen LogP contribution >= 0.6 is 0 Å². The second-order valence-electron chi connectivity index (χ2n) is 6.72. The van der Waals surface area contributed by atoms with Gasteiger partial charge in [-0.2, -0.15) is 5.26 Å². The fraction of sp³-hybridized carbons (Fsp3) is 0.125. The number of nitrogens with zero attached hydrogens (tertiary/aromatic N) is 3. The Hall–Kier alpha value is -3.71. The molecule has 0 radical (unpaired) electrons. The first-order chi connectivity index (χ1) is 13.7. The maximum Gasteiger partial charge on any atom is 0.182 e. The van der Waals surface area contributed by atoms with Gasteiger partial charge in [0.2, 0.25) is 0 Å². The molecule has 0 aliphatic heterocycles. The number of aryl methyl sites for hydroxylation is 1. The van der Waals surface area contributed by atoms with Crippen LogP contribution in [-0.2, 0) is 6.61 Å². The third-order valence-corrected chi connectivity index (χ3v) is 4.75. The number of rotatable bonds is 4. The van der Waals surface area contributed by atoms with Crippen molar-refractivity contribution in [2.75, 3.05) is 0 Å². The lowest BCUT2D eigenvalue weighted by Gasteiger charge is -2.14. The minimum Gasteiger partial charge on any atom is -0.486 e. The molecule has 0 aliphatic rings. The summed E-state index contributed by atoms with van der Waals surface area (Å²) in [5.41, 5.74) is 6.18. The molecular weight excluding hydrogens is 346 g/mol. The van der Waals surface area contributed by atoms with E-state index in [4.69, 9.17) is 4.74 Å². The fourth-order valence-corrected chi connectivity index (χ4v) is 3.26. The molecule has 0 aliphatic carbocycles. The van der Waals surface area contributed by atoms with E-state index in [1.54, 1.807) is 6.20 Å². The highest BCUT2D eigenvalue weighted by atomic mass is 16.5. The first-order valence-corrected chi connectivity index (χ1v) is 9.10. The normalized spacial score (nSPS) is 10.6. The Morgan fingerprint density at radius 1 is 1.00 bits per heavy atom. The minimum absolute atomic E-state index is 0.301. The largest absolute Gasteiger partial charge is 0.486 e. The summed E-state index contributed by atoms with van der Waals surface area (Å²) in [5.74, 6) is 0.533. The van der Waals surface area contributed by atoms with E-state index in [1.165, 1.54) is 0 Å². The van der Waals surface area contributed by atoms with Gasteiger partial charge in [-0.1, -0.05) is 42.5 Å². The van der Waals surface area contributed by atoms with Crippen molar-refractivity contribution < 1.29 is 4.74 Å². The molecule has 0 fully saturated rings. The van der Waals surface area contributed by atoms with E-state index in [1.807, 2.05) is 62.4 Å². The summed E-state index contributed by atoms with van der Waals surface area (Å²) >= 11 is 0. The number of ether oxygens (including phenoxy) is 1. The summed E-state index contributed by atoms with van der Waals surface area (Å²) < 4.78 is 6.01. The van der Waals surface area contributed by atoms with Crippen molar-refractivity contribution in [3.05, 3.63) is 89.4 Å². The first-order valence-electron chi connectivity index (χ1n) is 9.10. The molecule has 0 spiro atoms. The van der Waals surface area contributed by atoms with Gasteiger partial charge in [0.15, 0.2) is 11.4 Å². The third-order valence-electron chi connectivity index (χ3n) is 4.75. The Morgan fingerprint density at radius 2 is 1.82 bits per heavy atom. The number of hydrogen-bond donors (Lipinski definition) is 0. The predicted octanol–water partition coefficient (Wildman–Crippen LogP) is 5.36. The summed E-state index contributed by atoms with van der Waals surface area (Å²) in [7, 11) is 0. The molecule has 4 aromatic rings. The van der Waals surface area contributed by atoms with Gasteiger partial charge in [0, 0.05) is 28.4 Å². The van der Waals surface area contributed by atoms with Crippen LogP contribution in [0.15, 0.2) is 66.9 Å². The van der Waals surface area contributed by atoms with Crippen LogP contribution in [0.25, 0.3) is 22.0 Å². The molecule has 4 nitrogen and oxygen atoms in total. The van der Waals surface area contributed by atoms with E-state index < -0.39 is 0 Å². The van der Waals surface area contributed by atoms with Crippen LogP contribution < -0.4 is 4.74 Å². The molecule has 136 valence electrons. The van der Waals surface area contributed by atoms with Gasteiger partial charge in [-0.3, -0.25) is 4.98 Å². The standard InChI is InChI=1S/C24H19N3O/c1-16-8-9-20-12-19(10-11-22(20)27-16)21-14-26-23(13-25)24(17(21)2)28-15-18-6-4-3-5-7-18/h3-12,14H,15H2,1-2H3. The zero-order valence-electron chi connectivity index (χ0n) is 15.8. The maximum absolute atomic E-state index is 9.47. The highest BCUT2D eigenvalue weighted by molar-refractivity contribution is 5.85. The van der Waals surface area contributed by atoms with Crippen LogP contribution in [0.2, 0.25) is 0 Å². The molecule has 0 atom stereocenters. The van der Waals surface area contributed by atoms with E-state index in [9.17, 15) is 5.26 Å². The van der Waals surface area contributed by atoms with E-state index >= 15 is 0 Å². The van der Waals surface area contributed by atoms with E-state index in [2.05, 4.69) is 28.2 Å².